The van der Waals surface area contributed by atoms with Crippen molar-refractivity contribution < 1.29 is 4.79 Å². The SMILES string of the molecule is Cc1cc(C=C(C#N)C(=O)Nc2ccn(C)n2)c(C)n1CC(C)C. The summed E-state index contributed by atoms with van der Waals surface area (Å²) in [5.74, 6) is 0.494. The second-order valence-corrected chi connectivity index (χ2v) is 6.33. The van der Waals surface area contributed by atoms with Gasteiger partial charge in [0.1, 0.15) is 11.6 Å². The molecule has 0 radical (unpaired) electrons. The van der Waals surface area contributed by atoms with Crippen LogP contribution in [0, 0.1) is 31.1 Å². The Morgan fingerprint density at radius 3 is 2.71 bits per heavy atom. The first-order valence-electron chi connectivity index (χ1n) is 7.91. The van der Waals surface area contributed by atoms with Crippen molar-refractivity contribution in [3.63, 3.8) is 0 Å². The molecule has 0 bridgehead atoms. The van der Waals surface area contributed by atoms with Crippen LogP contribution in [-0.2, 0) is 18.4 Å². The molecule has 2 aromatic rings. The highest BCUT2D eigenvalue weighted by molar-refractivity contribution is 6.09. The Bertz CT molecular complexity index is 817. The maximum Gasteiger partial charge on any atom is 0.267 e. The van der Waals surface area contributed by atoms with Crippen molar-refractivity contribution in [2.75, 3.05) is 5.32 Å². The normalized spacial score (nSPS) is 11.6. The number of hydrogen-bond donors (Lipinski definition) is 1. The van der Waals surface area contributed by atoms with Gasteiger partial charge in [0.2, 0.25) is 0 Å². The molecule has 0 aliphatic carbocycles. The van der Waals surface area contributed by atoms with Gasteiger partial charge in [0.25, 0.3) is 5.91 Å². The van der Waals surface area contributed by atoms with Gasteiger partial charge in [-0.3, -0.25) is 9.48 Å². The zero-order valence-electron chi connectivity index (χ0n) is 14.8. The molecule has 0 atom stereocenters. The van der Waals surface area contributed by atoms with E-state index in [1.165, 1.54) is 0 Å². The molecule has 0 aliphatic rings. The molecule has 24 heavy (non-hydrogen) atoms. The summed E-state index contributed by atoms with van der Waals surface area (Å²) in [7, 11) is 1.76. The van der Waals surface area contributed by atoms with Crippen molar-refractivity contribution in [1.82, 2.24) is 14.3 Å². The van der Waals surface area contributed by atoms with E-state index in [2.05, 4.69) is 28.8 Å². The van der Waals surface area contributed by atoms with E-state index in [1.807, 2.05) is 26.0 Å². The molecular weight excluding hydrogens is 302 g/mol. The fourth-order valence-electron chi connectivity index (χ4n) is 2.59. The third-order valence-corrected chi connectivity index (χ3v) is 3.78. The van der Waals surface area contributed by atoms with Crippen LogP contribution in [0.3, 0.4) is 0 Å². The van der Waals surface area contributed by atoms with E-state index in [1.54, 1.807) is 30.1 Å². The molecule has 2 rings (SSSR count). The number of nitrogens with zero attached hydrogens (tertiary/aromatic N) is 4. The first kappa shape index (κ1) is 17.5. The lowest BCUT2D eigenvalue weighted by molar-refractivity contribution is -0.112. The molecule has 6 heteroatoms. The number of hydrogen-bond acceptors (Lipinski definition) is 3. The molecule has 2 heterocycles. The van der Waals surface area contributed by atoms with Crippen molar-refractivity contribution in [3.8, 4) is 6.07 Å². The maximum absolute atomic E-state index is 12.3. The first-order chi connectivity index (χ1) is 11.3. The molecule has 0 fully saturated rings. The average molecular weight is 325 g/mol. The molecule has 6 nitrogen and oxygen atoms in total. The summed E-state index contributed by atoms with van der Waals surface area (Å²) >= 11 is 0. The number of carbonyl (C=O) groups is 1. The van der Waals surface area contributed by atoms with E-state index in [9.17, 15) is 10.1 Å². The Hall–Kier alpha value is -2.81. The highest BCUT2D eigenvalue weighted by Gasteiger charge is 2.14. The molecule has 2 aromatic heterocycles. The van der Waals surface area contributed by atoms with E-state index in [0.29, 0.717) is 11.7 Å². The second-order valence-electron chi connectivity index (χ2n) is 6.33. The van der Waals surface area contributed by atoms with Gasteiger partial charge in [-0.2, -0.15) is 10.4 Å². The zero-order chi connectivity index (χ0) is 17.9. The van der Waals surface area contributed by atoms with Crippen LogP contribution in [0.5, 0.6) is 0 Å². The lowest BCUT2D eigenvalue weighted by atomic mass is 10.1. The average Bonchev–Trinajstić information content (AvgIpc) is 3.02. The zero-order valence-corrected chi connectivity index (χ0v) is 14.8. The predicted octanol–water partition coefficient (Wildman–Crippen LogP) is 3.04. The molecule has 0 aliphatic heterocycles. The van der Waals surface area contributed by atoms with Crippen LogP contribution in [0.1, 0.15) is 30.8 Å². The number of anilines is 1. The van der Waals surface area contributed by atoms with E-state index in [4.69, 9.17) is 0 Å². The summed E-state index contributed by atoms with van der Waals surface area (Å²) in [4.78, 5) is 12.3. The largest absolute Gasteiger partial charge is 0.348 e. The van der Waals surface area contributed by atoms with Gasteiger partial charge in [-0.05, 0) is 37.5 Å². The Kier molecular flexibility index (Phi) is 5.24. The van der Waals surface area contributed by atoms with Crippen LogP contribution < -0.4 is 5.32 Å². The van der Waals surface area contributed by atoms with E-state index in [0.717, 1.165) is 23.5 Å². The first-order valence-corrected chi connectivity index (χ1v) is 7.91. The number of nitrogens with one attached hydrogen (secondary N) is 1. The van der Waals surface area contributed by atoms with Crippen LogP contribution in [0.15, 0.2) is 23.9 Å². The molecule has 0 unspecified atom stereocenters. The second kappa shape index (κ2) is 7.18. The smallest absolute Gasteiger partial charge is 0.267 e. The molecule has 126 valence electrons. The van der Waals surface area contributed by atoms with Crippen molar-refractivity contribution >= 4 is 17.8 Å². The summed E-state index contributed by atoms with van der Waals surface area (Å²) in [6, 6.07) is 5.66. The fraction of sp³-hybridized carbons (Fsp3) is 0.389. The standard InChI is InChI=1S/C18H23N5O/c1-12(2)11-23-13(3)8-15(14(23)4)9-16(10-19)18(24)20-17-6-7-22(5)21-17/h6-9,12H,11H2,1-5H3,(H,20,21,24). The van der Waals surface area contributed by atoms with E-state index < -0.39 is 5.91 Å². The summed E-state index contributed by atoms with van der Waals surface area (Å²) < 4.78 is 3.80. The molecule has 1 N–H and O–H groups in total. The van der Waals surface area contributed by atoms with Gasteiger partial charge in [0.15, 0.2) is 5.82 Å². The summed E-state index contributed by atoms with van der Waals surface area (Å²) in [5, 5.41) is 16.1. The molecule has 0 saturated heterocycles. The summed E-state index contributed by atoms with van der Waals surface area (Å²) in [6.45, 7) is 9.28. The Morgan fingerprint density at radius 2 is 2.17 bits per heavy atom. The molecular formula is C18H23N5O. The lowest BCUT2D eigenvalue weighted by Crippen LogP contribution is -2.14. The minimum atomic E-state index is -0.454. The van der Waals surface area contributed by atoms with Crippen LogP contribution in [-0.4, -0.2) is 20.3 Å². The number of amides is 1. The third-order valence-electron chi connectivity index (χ3n) is 3.78. The molecule has 0 spiro atoms. The summed E-state index contributed by atoms with van der Waals surface area (Å²) in [5.41, 5.74) is 3.13. The van der Waals surface area contributed by atoms with Crippen LogP contribution in [0.2, 0.25) is 0 Å². The van der Waals surface area contributed by atoms with Gasteiger partial charge in [-0.15, -0.1) is 0 Å². The molecule has 0 aromatic carbocycles. The van der Waals surface area contributed by atoms with Gasteiger partial charge in [-0.1, -0.05) is 13.8 Å². The van der Waals surface area contributed by atoms with Gasteiger partial charge in [0, 0.05) is 37.2 Å². The minimum Gasteiger partial charge on any atom is -0.348 e. The monoisotopic (exact) mass is 325 g/mol. The van der Waals surface area contributed by atoms with Gasteiger partial charge < -0.3 is 9.88 Å². The van der Waals surface area contributed by atoms with E-state index in [-0.39, 0.29) is 5.57 Å². The van der Waals surface area contributed by atoms with Crippen molar-refractivity contribution in [3.05, 3.63) is 40.9 Å². The van der Waals surface area contributed by atoms with Crippen LogP contribution >= 0.6 is 0 Å². The fourth-order valence-corrected chi connectivity index (χ4v) is 2.59. The predicted molar refractivity (Wildman–Crippen MR) is 94.2 cm³/mol. The molecule has 0 saturated carbocycles. The topological polar surface area (TPSA) is 75.6 Å². The number of carbonyl (C=O) groups excluding carboxylic acids is 1. The Morgan fingerprint density at radius 1 is 1.46 bits per heavy atom. The van der Waals surface area contributed by atoms with Gasteiger partial charge >= 0.3 is 0 Å². The highest BCUT2D eigenvalue weighted by Crippen LogP contribution is 2.20. The number of nitriles is 1. The van der Waals surface area contributed by atoms with Gasteiger partial charge in [0.05, 0.1) is 0 Å². The van der Waals surface area contributed by atoms with E-state index >= 15 is 0 Å². The number of aromatic nitrogens is 3. The Balaban J connectivity index is 2.27. The maximum atomic E-state index is 12.3. The van der Waals surface area contributed by atoms with Crippen molar-refractivity contribution in [2.45, 2.75) is 34.2 Å². The third kappa shape index (κ3) is 3.93. The van der Waals surface area contributed by atoms with Crippen molar-refractivity contribution in [1.29, 1.82) is 5.26 Å². The molecule has 1 amide bonds. The lowest BCUT2D eigenvalue weighted by Gasteiger charge is -2.12. The van der Waals surface area contributed by atoms with Gasteiger partial charge in [-0.25, -0.2) is 0 Å². The van der Waals surface area contributed by atoms with Crippen LogP contribution in [0.25, 0.3) is 6.08 Å². The quantitative estimate of drug-likeness (QED) is 0.678. The van der Waals surface area contributed by atoms with Crippen LogP contribution in [0.4, 0.5) is 5.82 Å². The number of aryl methyl sites for hydroxylation is 2. The minimum absolute atomic E-state index is 0.0606. The summed E-state index contributed by atoms with van der Waals surface area (Å²) in [6.07, 6.45) is 3.36. The van der Waals surface area contributed by atoms with Crippen molar-refractivity contribution in [2.24, 2.45) is 13.0 Å². The number of rotatable bonds is 5. The highest BCUT2D eigenvalue weighted by atomic mass is 16.1. The Labute approximate surface area is 142 Å².